The second-order valence-corrected chi connectivity index (χ2v) is 3.97. The number of fused-ring (bicyclic) bond motifs is 1. The van der Waals surface area contributed by atoms with Crippen LogP contribution in [0.2, 0.25) is 0 Å². The molecule has 0 radical (unpaired) electrons. The molecule has 1 aromatic rings. The molecule has 3 nitrogen and oxygen atoms in total. The van der Waals surface area contributed by atoms with Gasteiger partial charge in [0.05, 0.1) is 0 Å². The number of benzene rings is 1. The van der Waals surface area contributed by atoms with Crippen LogP contribution in [0.15, 0.2) is 18.2 Å². The van der Waals surface area contributed by atoms with Crippen LogP contribution in [0.3, 0.4) is 0 Å². The van der Waals surface area contributed by atoms with E-state index in [9.17, 15) is 4.79 Å². The van der Waals surface area contributed by atoms with Crippen molar-refractivity contribution >= 4 is 6.09 Å². The van der Waals surface area contributed by atoms with Gasteiger partial charge in [-0.15, -0.1) is 0 Å². The molecule has 0 fully saturated rings. The Morgan fingerprint density at radius 1 is 1.27 bits per heavy atom. The molecule has 2 rings (SSSR count). The molecule has 0 saturated heterocycles. The van der Waals surface area contributed by atoms with Gasteiger partial charge in [-0.05, 0) is 42.4 Å². The third-order valence-electron chi connectivity index (χ3n) is 2.86. The molecule has 3 heteroatoms. The van der Waals surface area contributed by atoms with Gasteiger partial charge >= 0.3 is 6.09 Å². The maximum Gasteiger partial charge on any atom is 0.404 e. The van der Waals surface area contributed by atoms with Crippen LogP contribution in [0.25, 0.3) is 0 Å². The Balaban J connectivity index is 2.10. The third-order valence-corrected chi connectivity index (χ3v) is 2.86. The molecule has 1 aromatic carbocycles. The maximum atomic E-state index is 10.4. The Kier molecular flexibility index (Phi) is 2.90. The van der Waals surface area contributed by atoms with Crippen molar-refractivity contribution in [3.05, 3.63) is 34.9 Å². The van der Waals surface area contributed by atoms with Crippen molar-refractivity contribution in [1.29, 1.82) is 0 Å². The quantitative estimate of drug-likeness (QED) is 0.778. The number of nitrogens with one attached hydrogen (secondary N) is 1. The van der Waals surface area contributed by atoms with Gasteiger partial charge in [-0.3, -0.25) is 0 Å². The lowest BCUT2D eigenvalue weighted by Crippen LogP contribution is -2.20. The average molecular weight is 205 g/mol. The van der Waals surface area contributed by atoms with E-state index >= 15 is 0 Å². The van der Waals surface area contributed by atoms with Gasteiger partial charge in [-0.25, -0.2) is 4.79 Å². The third kappa shape index (κ3) is 2.49. The molecule has 1 amide bonds. The highest BCUT2D eigenvalue weighted by molar-refractivity contribution is 5.64. The topological polar surface area (TPSA) is 49.3 Å². The summed E-state index contributed by atoms with van der Waals surface area (Å²) < 4.78 is 0. The van der Waals surface area contributed by atoms with Gasteiger partial charge in [0.1, 0.15) is 0 Å². The number of rotatable bonds is 2. The molecule has 80 valence electrons. The molecule has 0 unspecified atom stereocenters. The number of hydrogen-bond donors (Lipinski definition) is 2. The molecular formula is C12H15NO2. The van der Waals surface area contributed by atoms with Crippen LogP contribution in [0.5, 0.6) is 0 Å². The largest absolute Gasteiger partial charge is 0.465 e. The Morgan fingerprint density at radius 3 is 2.73 bits per heavy atom. The van der Waals surface area contributed by atoms with E-state index in [1.165, 1.54) is 30.4 Å². The minimum atomic E-state index is -0.965. The first-order valence-electron chi connectivity index (χ1n) is 5.33. The van der Waals surface area contributed by atoms with Crippen LogP contribution < -0.4 is 5.32 Å². The van der Waals surface area contributed by atoms with Crippen LogP contribution in [-0.4, -0.2) is 11.2 Å². The Morgan fingerprint density at radius 2 is 2.00 bits per heavy atom. The average Bonchev–Trinajstić information content (AvgIpc) is 2.26. The first-order chi connectivity index (χ1) is 7.25. The van der Waals surface area contributed by atoms with E-state index in [1.54, 1.807) is 0 Å². The summed E-state index contributed by atoms with van der Waals surface area (Å²) in [5, 5.41) is 10.9. The van der Waals surface area contributed by atoms with E-state index in [0.29, 0.717) is 6.54 Å². The summed E-state index contributed by atoms with van der Waals surface area (Å²) in [5.41, 5.74) is 3.88. The van der Waals surface area contributed by atoms with Crippen LogP contribution in [0.1, 0.15) is 29.5 Å². The lowest BCUT2D eigenvalue weighted by Gasteiger charge is -2.16. The smallest absolute Gasteiger partial charge is 0.404 e. The highest BCUT2D eigenvalue weighted by Crippen LogP contribution is 2.22. The summed E-state index contributed by atoms with van der Waals surface area (Å²) in [5.74, 6) is 0. The second kappa shape index (κ2) is 4.34. The molecule has 0 aromatic heterocycles. The second-order valence-electron chi connectivity index (χ2n) is 3.97. The standard InChI is InChI=1S/C12H15NO2/c14-12(15)13-8-9-5-6-10-3-1-2-4-11(10)7-9/h5-7,13H,1-4,8H2,(H,14,15). The molecule has 0 spiro atoms. The van der Waals surface area contributed by atoms with E-state index in [0.717, 1.165) is 12.0 Å². The molecule has 2 N–H and O–H groups in total. The fourth-order valence-electron chi connectivity index (χ4n) is 2.07. The van der Waals surface area contributed by atoms with Gasteiger partial charge in [0.25, 0.3) is 0 Å². The van der Waals surface area contributed by atoms with Crippen LogP contribution in [0.4, 0.5) is 4.79 Å². The molecular weight excluding hydrogens is 190 g/mol. The molecule has 0 saturated carbocycles. The van der Waals surface area contributed by atoms with E-state index in [4.69, 9.17) is 5.11 Å². The number of carboxylic acid groups (broad SMARTS) is 1. The van der Waals surface area contributed by atoms with Crippen molar-refractivity contribution in [2.75, 3.05) is 0 Å². The van der Waals surface area contributed by atoms with Crippen molar-refractivity contribution < 1.29 is 9.90 Å². The Bertz CT molecular complexity index is 374. The predicted molar refractivity (Wildman–Crippen MR) is 57.9 cm³/mol. The zero-order chi connectivity index (χ0) is 10.7. The molecule has 0 heterocycles. The fraction of sp³-hybridized carbons (Fsp3) is 0.417. The van der Waals surface area contributed by atoms with Gasteiger partial charge in [-0.2, -0.15) is 0 Å². The van der Waals surface area contributed by atoms with Gasteiger partial charge in [0.2, 0.25) is 0 Å². The fourth-order valence-corrected chi connectivity index (χ4v) is 2.07. The van der Waals surface area contributed by atoms with E-state index < -0.39 is 6.09 Å². The molecule has 15 heavy (non-hydrogen) atoms. The predicted octanol–water partition coefficient (Wildman–Crippen LogP) is 2.33. The number of amides is 1. The minimum Gasteiger partial charge on any atom is -0.465 e. The van der Waals surface area contributed by atoms with Crippen LogP contribution in [-0.2, 0) is 19.4 Å². The Labute approximate surface area is 89.1 Å². The summed E-state index contributed by atoms with van der Waals surface area (Å²) in [6.45, 7) is 0.405. The first-order valence-corrected chi connectivity index (χ1v) is 5.33. The van der Waals surface area contributed by atoms with Crippen molar-refractivity contribution in [2.24, 2.45) is 0 Å². The van der Waals surface area contributed by atoms with E-state index in [2.05, 4.69) is 17.4 Å². The summed E-state index contributed by atoms with van der Waals surface area (Å²) in [7, 11) is 0. The number of aryl methyl sites for hydroxylation is 2. The summed E-state index contributed by atoms with van der Waals surface area (Å²) >= 11 is 0. The highest BCUT2D eigenvalue weighted by Gasteiger charge is 2.09. The highest BCUT2D eigenvalue weighted by atomic mass is 16.4. The molecule has 1 aliphatic carbocycles. The Hall–Kier alpha value is -1.51. The van der Waals surface area contributed by atoms with Gasteiger partial charge in [0.15, 0.2) is 0 Å². The normalized spacial score (nSPS) is 14.4. The van der Waals surface area contributed by atoms with Crippen LogP contribution in [0, 0.1) is 0 Å². The summed E-state index contributed by atoms with van der Waals surface area (Å²) in [6.07, 6.45) is 3.87. The zero-order valence-electron chi connectivity index (χ0n) is 8.62. The van der Waals surface area contributed by atoms with Gasteiger partial charge in [0, 0.05) is 6.54 Å². The maximum absolute atomic E-state index is 10.4. The van der Waals surface area contributed by atoms with Gasteiger partial charge < -0.3 is 10.4 Å². The molecule has 0 aliphatic heterocycles. The SMILES string of the molecule is O=C(O)NCc1ccc2c(c1)CCCC2. The van der Waals surface area contributed by atoms with Crippen molar-refractivity contribution in [3.8, 4) is 0 Å². The molecule has 0 bridgehead atoms. The summed E-state index contributed by atoms with van der Waals surface area (Å²) in [4.78, 5) is 10.4. The summed E-state index contributed by atoms with van der Waals surface area (Å²) in [6, 6.07) is 6.28. The van der Waals surface area contributed by atoms with E-state index in [-0.39, 0.29) is 0 Å². The number of carbonyl (C=O) groups is 1. The van der Waals surface area contributed by atoms with Crippen molar-refractivity contribution in [2.45, 2.75) is 32.2 Å². The minimum absolute atomic E-state index is 0.405. The number of hydrogen-bond acceptors (Lipinski definition) is 1. The first kappa shape index (κ1) is 10.0. The molecule has 1 aliphatic rings. The van der Waals surface area contributed by atoms with Crippen molar-refractivity contribution in [1.82, 2.24) is 5.32 Å². The van der Waals surface area contributed by atoms with Crippen LogP contribution >= 0.6 is 0 Å². The van der Waals surface area contributed by atoms with Crippen molar-refractivity contribution in [3.63, 3.8) is 0 Å². The lowest BCUT2D eigenvalue weighted by molar-refractivity contribution is 0.194. The monoisotopic (exact) mass is 205 g/mol. The van der Waals surface area contributed by atoms with Gasteiger partial charge in [-0.1, -0.05) is 18.2 Å². The molecule has 0 atom stereocenters. The lowest BCUT2D eigenvalue weighted by atomic mass is 9.90. The van der Waals surface area contributed by atoms with E-state index in [1.807, 2.05) is 6.07 Å². The zero-order valence-corrected chi connectivity index (χ0v) is 8.62.